The predicted molar refractivity (Wildman–Crippen MR) is 100 cm³/mol. The van der Waals surface area contributed by atoms with Gasteiger partial charge in [0.05, 0.1) is 30.4 Å². The van der Waals surface area contributed by atoms with Crippen molar-refractivity contribution in [2.24, 2.45) is 11.3 Å². The van der Waals surface area contributed by atoms with Crippen LogP contribution in [-0.2, 0) is 4.74 Å². The molecule has 1 aromatic heterocycles. The Morgan fingerprint density at radius 2 is 2.04 bits per heavy atom. The van der Waals surface area contributed by atoms with E-state index in [1.807, 2.05) is 39.4 Å². The van der Waals surface area contributed by atoms with Gasteiger partial charge in [0.25, 0.3) is 0 Å². The fraction of sp³-hybridized carbons (Fsp3) is 0.524. The van der Waals surface area contributed by atoms with Crippen LogP contribution in [0.25, 0.3) is 11.3 Å². The van der Waals surface area contributed by atoms with Crippen LogP contribution in [0.4, 0.5) is 4.79 Å². The molecule has 1 aromatic carbocycles. The van der Waals surface area contributed by atoms with Gasteiger partial charge in [-0.15, -0.1) is 0 Å². The fourth-order valence-corrected chi connectivity index (χ4v) is 5.08. The van der Waals surface area contributed by atoms with Crippen LogP contribution in [0.5, 0.6) is 0 Å². The summed E-state index contributed by atoms with van der Waals surface area (Å²) in [5.41, 5.74) is 2.91. The van der Waals surface area contributed by atoms with E-state index in [0.29, 0.717) is 13.1 Å². The van der Waals surface area contributed by atoms with E-state index in [4.69, 9.17) is 4.74 Å². The zero-order valence-electron chi connectivity index (χ0n) is 15.9. The zero-order valence-corrected chi connectivity index (χ0v) is 15.9. The molecule has 6 nitrogen and oxygen atoms in total. The molecule has 1 saturated carbocycles. The molecule has 3 unspecified atom stereocenters. The first-order chi connectivity index (χ1) is 12.8. The number of aromatic nitrogens is 2. The maximum atomic E-state index is 12.2. The third-order valence-corrected chi connectivity index (χ3v) is 6.27. The van der Waals surface area contributed by atoms with Crippen LogP contribution in [0.1, 0.15) is 38.8 Å². The van der Waals surface area contributed by atoms with Gasteiger partial charge in [-0.2, -0.15) is 0 Å². The number of amides is 1. The van der Waals surface area contributed by atoms with E-state index >= 15 is 0 Å². The molecule has 1 saturated heterocycles. The highest BCUT2D eigenvalue weighted by molar-refractivity contribution is 5.70. The largest absolute Gasteiger partial charge is 0.444 e. The number of aliphatic hydroxyl groups excluding tert-OH is 1. The molecule has 1 aliphatic carbocycles. The molecule has 0 radical (unpaired) electrons. The summed E-state index contributed by atoms with van der Waals surface area (Å²) in [6.07, 6.45) is 3.96. The average molecular weight is 367 g/mol. The van der Waals surface area contributed by atoms with Gasteiger partial charge in [0.1, 0.15) is 5.60 Å². The van der Waals surface area contributed by atoms with Crippen molar-refractivity contribution in [3.8, 4) is 11.3 Å². The Morgan fingerprint density at radius 3 is 2.74 bits per heavy atom. The maximum absolute atomic E-state index is 12.2. The summed E-state index contributed by atoms with van der Waals surface area (Å²) in [7, 11) is 0. The van der Waals surface area contributed by atoms with Gasteiger partial charge in [-0.05, 0) is 32.8 Å². The minimum atomic E-state index is -0.494. The van der Waals surface area contributed by atoms with Gasteiger partial charge in [-0.25, -0.2) is 9.78 Å². The maximum Gasteiger partial charge on any atom is 0.410 e. The monoisotopic (exact) mass is 367 g/mol. The molecule has 3 heterocycles. The highest BCUT2D eigenvalue weighted by atomic mass is 16.6. The topological polar surface area (TPSA) is 67.6 Å². The molecule has 2 aromatic rings. The van der Waals surface area contributed by atoms with E-state index in [1.54, 1.807) is 4.90 Å². The molecular weight excluding hydrogens is 342 g/mol. The van der Waals surface area contributed by atoms with E-state index in [-0.39, 0.29) is 23.5 Å². The molecule has 1 N–H and O–H groups in total. The van der Waals surface area contributed by atoms with Crippen molar-refractivity contribution < 1.29 is 14.6 Å². The molecule has 2 aliphatic heterocycles. The van der Waals surface area contributed by atoms with Crippen LogP contribution in [0.15, 0.2) is 36.8 Å². The Bertz CT molecular complexity index is 907. The molecule has 2 fully saturated rings. The number of nitrogens with zero attached hydrogens (tertiary/aromatic N) is 3. The standard InChI is InChI=1S/C21H25N3O3/c1-20(2,3)27-19(26)23-10-21(11-23)8-15(18(21)25)17-14-7-5-4-6-13(14)16-9-22-12-24(16)17/h4-7,9,12,15,17-18,25H,8,10-11H2,1-3H3. The predicted octanol–water partition coefficient (Wildman–Crippen LogP) is 3.07. The third-order valence-electron chi connectivity index (χ3n) is 6.27. The molecular formula is C21H25N3O3. The van der Waals surface area contributed by atoms with Crippen LogP contribution in [0.3, 0.4) is 0 Å². The number of hydrogen-bond acceptors (Lipinski definition) is 4. The van der Waals surface area contributed by atoms with Crippen LogP contribution < -0.4 is 0 Å². The summed E-state index contributed by atoms with van der Waals surface area (Å²) in [6.45, 7) is 6.76. The Kier molecular flexibility index (Phi) is 3.33. The van der Waals surface area contributed by atoms with E-state index in [9.17, 15) is 9.90 Å². The average Bonchev–Trinajstić information content (AvgIpc) is 3.13. The zero-order chi connectivity index (χ0) is 19.0. The number of imidazole rings is 1. The first-order valence-corrected chi connectivity index (χ1v) is 9.56. The summed E-state index contributed by atoms with van der Waals surface area (Å²) < 4.78 is 7.63. The van der Waals surface area contributed by atoms with E-state index in [2.05, 4.69) is 27.8 Å². The van der Waals surface area contributed by atoms with Crippen molar-refractivity contribution in [2.75, 3.05) is 13.1 Å². The SMILES string of the molecule is CC(C)(C)OC(=O)N1CC2(CC(C3c4ccccc4-c4cncn43)C2O)C1. The van der Waals surface area contributed by atoms with E-state index in [1.165, 1.54) is 11.1 Å². The molecule has 6 heteroatoms. The van der Waals surface area contributed by atoms with Gasteiger partial charge >= 0.3 is 6.09 Å². The molecule has 142 valence electrons. The summed E-state index contributed by atoms with van der Waals surface area (Å²) in [5, 5.41) is 11.0. The van der Waals surface area contributed by atoms with Crippen molar-refractivity contribution >= 4 is 6.09 Å². The van der Waals surface area contributed by atoms with Gasteiger partial charge in [-0.1, -0.05) is 24.3 Å². The molecule has 3 aliphatic rings. The number of ether oxygens (including phenoxy) is 1. The van der Waals surface area contributed by atoms with Gasteiger partial charge in [0.2, 0.25) is 0 Å². The summed E-state index contributed by atoms with van der Waals surface area (Å²) in [6, 6.07) is 8.49. The normalized spacial score (nSPS) is 27.6. The molecule has 0 bridgehead atoms. The number of carbonyl (C=O) groups is 1. The van der Waals surface area contributed by atoms with Crippen LogP contribution in [0.2, 0.25) is 0 Å². The van der Waals surface area contributed by atoms with Gasteiger partial charge < -0.3 is 19.3 Å². The number of aliphatic hydroxyl groups is 1. The first-order valence-electron chi connectivity index (χ1n) is 9.56. The molecule has 1 spiro atoms. The third kappa shape index (κ3) is 2.35. The number of likely N-dealkylation sites (tertiary alicyclic amines) is 1. The van der Waals surface area contributed by atoms with Crippen molar-refractivity contribution in [1.82, 2.24) is 14.5 Å². The van der Waals surface area contributed by atoms with Gasteiger partial charge in [-0.3, -0.25) is 0 Å². The van der Waals surface area contributed by atoms with Gasteiger partial charge in [0.15, 0.2) is 0 Å². The second-order valence-corrected chi connectivity index (χ2v) is 9.23. The lowest BCUT2D eigenvalue weighted by molar-refractivity contribution is -0.197. The highest BCUT2D eigenvalue weighted by Crippen LogP contribution is 2.59. The van der Waals surface area contributed by atoms with Crippen molar-refractivity contribution in [1.29, 1.82) is 0 Å². The Morgan fingerprint density at radius 1 is 1.30 bits per heavy atom. The van der Waals surface area contributed by atoms with Crippen LogP contribution in [-0.4, -0.2) is 50.4 Å². The lowest BCUT2D eigenvalue weighted by Crippen LogP contribution is -2.72. The lowest BCUT2D eigenvalue weighted by Gasteiger charge is -2.63. The second-order valence-electron chi connectivity index (χ2n) is 9.23. The number of hydrogen-bond donors (Lipinski definition) is 1. The summed E-state index contributed by atoms with van der Waals surface area (Å²) in [5.74, 6) is 0.141. The smallest absolute Gasteiger partial charge is 0.410 e. The van der Waals surface area contributed by atoms with Gasteiger partial charge in [0, 0.05) is 30.0 Å². The van der Waals surface area contributed by atoms with Crippen molar-refractivity contribution in [3.63, 3.8) is 0 Å². The minimum absolute atomic E-state index is 0.120. The minimum Gasteiger partial charge on any atom is -0.444 e. The van der Waals surface area contributed by atoms with Crippen LogP contribution in [0, 0.1) is 11.3 Å². The quantitative estimate of drug-likeness (QED) is 0.841. The summed E-state index contributed by atoms with van der Waals surface area (Å²) in [4.78, 5) is 18.2. The highest BCUT2D eigenvalue weighted by Gasteiger charge is 2.63. The molecule has 27 heavy (non-hydrogen) atoms. The fourth-order valence-electron chi connectivity index (χ4n) is 5.08. The Balaban J connectivity index is 1.32. The Labute approximate surface area is 158 Å². The van der Waals surface area contributed by atoms with Crippen molar-refractivity contribution in [2.45, 2.75) is 44.9 Å². The second kappa shape index (κ2) is 5.35. The van der Waals surface area contributed by atoms with E-state index in [0.717, 1.165) is 12.1 Å². The van der Waals surface area contributed by atoms with Crippen LogP contribution >= 0.6 is 0 Å². The van der Waals surface area contributed by atoms with Crippen molar-refractivity contribution in [3.05, 3.63) is 42.4 Å². The molecule has 3 atom stereocenters. The number of carbonyl (C=O) groups excluding carboxylic acids is 1. The Hall–Kier alpha value is -2.34. The number of fused-ring (bicyclic) bond motifs is 3. The summed E-state index contributed by atoms with van der Waals surface area (Å²) >= 11 is 0. The van der Waals surface area contributed by atoms with E-state index < -0.39 is 11.7 Å². The number of benzene rings is 1. The lowest BCUT2D eigenvalue weighted by atomic mass is 9.53. The first kappa shape index (κ1) is 16.8. The molecule has 1 amide bonds. The number of rotatable bonds is 1. The molecule has 5 rings (SSSR count).